The molecule has 0 spiro atoms. The number of H-pyrrole nitrogens is 1. The van der Waals surface area contributed by atoms with E-state index in [9.17, 15) is 4.79 Å². The number of carbonyl (C=O) groups is 1. The summed E-state index contributed by atoms with van der Waals surface area (Å²) in [5, 5.41) is 8.94. The molecule has 0 bridgehead atoms. The molecule has 0 saturated carbocycles. The standard InChI is InChI=1S/C10H11N5O/c11-8-6-14-15-9(8)10(16)13-5-7-1-3-12-4-2-7/h1-4,6H,5,11H2,(H,13,16)(H,14,15). The Hall–Kier alpha value is -2.37. The van der Waals surface area contributed by atoms with Crippen LogP contribution in [0.25, 0.3) is 0 Å². The van der Waals surface area contributed by atoms with Gasteiger partial charge in [0.1, 0.15) is 5.69 Å². The van der Waals surface area contributed by atoms with Gasteiger partial charge in [0.05, 0.1) is 11.9 Å². The Bertz CT molecular complexity index is 479. The van der Waals surface area contributed by atoms with Gasteiger partial charge in [0.2, 0.25) is 0 Å². The van der Waals surface area contributed by atoms with Gasteiger partial charge in [0.15, 0.2) is 0 Å². The molecule has 2 rings (SSSR count). The van der Waals surface area contributed by atoms with E-state index < -0.39 is 0 Å². The summed E-state index contributed by atoms with van der Waals surface area (Å²) in [6.45, 7) is 0.430. The predicted octanol–water partition coefficient (Wildman–Crippen LogP) is 0.317. The van der Waals surface area contributed by atoms with Crippen LogP contribution in [0.15, 0.2) is 30.7 Å². The number of aromatic nitrogens is 3. The normalized spacial score (nSPS) is 10.0. The van der Waals surface area contributed by atoms with Crippen molar-refractivity contribution in [3.05, 3.63) is 42.0 Å². The largest absolute Gasteiger partial charge is 0.396 e. The molecule has 16 heavy (non-hydrogen) atoms. The minimum atomic E-state index is -0.271. The van der Waals surface area contributed by atoms with Gasteiger partial charge < -0.3 is 11.1 Å². The van der Waals surface area contributed by atoms with E-state index in [4.69, 9.17) is 5.73 Å². The number of anilines is 1. The molecule has 0 aliphatic rings. The zero-order chi connectivity index (χ0) is 11.4. The van der Waals surface area contributed by atoms with E-state index in [1.54, 1.807) is 12.4 Å². The molecule has 6 heteroatoms. The first-order chi connectivity index (χ1) is 7.77. The van der Waals surface area contributed by atoms with E-state index in [1.807, 2.05) is 12.1 Å². The van der Waals surface area contributed by atoms with Gasteiger partial charge in [-0.1, -0.05) is 0 Å². The lowest BCUT2D eigenvalue weighted by molar-refractivity contribution is 0.0947. The van der Waals surface area contributed by atoms with Crippen molar-refractivity contribution in [3.8, 4) is 0 Å². The summed E-state index contributed by atoms with van der Waals surface area (Å²) in [5.74, 6) is -0.271. The number of nitrogen functional groups attached to an aromatic ring is 1. The molecule has 0 aliphatic carbocycles. The number of nitrogens with two attached hydrogens (primary N) is 1. The Balaban J connectivity index is 1.97. The van der Waals surface area contributed by atoms with Gasteiger partial charge in [-0.2, -0.15) is 5.10 Å². The maximum absolute atomic E-state index is 11.6. The van der Waals surface area contributed by atoms with E-state index in [0.29, 0.717) is 12.2 Å². The number of carbonyl (C=O) groups excluding carboxylic acids is 1. The zero-order valence-corrected chi connectivity index (χ0v) is 8.47. The van der Waals surface area contributed by atoms with E-state index in [2.05, 4.69) is 20.5 Å². The molecule has 0 unspecified atom stereocenters. The Labute approximate surface area is 91.9 Å². The fourth-order valence-electron chi connectivity index (χ4n) is 1.25. The molecule has 2 heterocycles. The fraction of sp³-hybridized carbons (Fsp3) is 0.100. The molecule has 0 atom stereocenters. The van der Waals surface area contributed by atoms with Crippen LogP contribution in [0.3, 0.4) is 0 Å². The fourth-order valence-corrected chi connectivity index (χ4v) is 1.25. The second kappa shape index (κ2) is 4.43. The Kier molecular flexibility index (Phi) is 2.81. The maximum Gasteiger partial charge on any atom is 0.271 e. The highest BCUT2D eigenvalue weighted by Gasteiger charge is 2.10. The van der Waals surface area contributed by atoms with Gasteiger partial charge >= 0.3 is 0 Å². The summed E-state index contributed by atoms with van der Waals surface area (Å²) in [4.78, 5) is 15.5. The molecule has 0 aliphatic heterocycles. The molecule has 4 N–H and O–H groups in total. The van der Waals surface area contributed by atoms with Crippen molar-refractivity contribution in [1.82, 2.24) is 20.5 Å². The number of rotatable bonds is 3. The van der Waals surface area contributed by atoms with Crippen LogP contribution in [0.2, 0.25) is 0 Å². The van der Waals surface area contributed by atoms with Crippen molar-refractivity contribution in [2.75, 3.05) is 5.73 Å². The molecule has 0 aromatic carbocycles. The van der Waals surface area contributed by atoms with Crippen LogP contribution in [0.1, 0.15) is 16.1 Å². The third kappa shape index (κ3) is 2.17. The molecule has 2 aromatic rings. The molecule has 82 valence electrons. The molecular formula is C10H11N5O. The second-order valence-electron chi connectivity index (χ2n) is 3.24. The predicted molar refractivity (Wildman–Crippen MR) is 58.4 cm³/mol. The van der Waals surface area contributed by atoms with Crippen LogP contribution in [0, 0.1) is 0 Å². The molecule has 0 fully saturated rings. The first-order valence-corrected chi connectivity index (χ1v) is 4.73. The van der Waals surface area contributed by atoms with Gasteiger partial charge in [-0.05, 0) is 17.7 Å². The van der Waals surface area contributed by atoms with Crippen molar-refractivity contribution in [1.29, 1.82) is 0 Å². The monoisotopic (exact) mass is 217 g/mol. The lowest BCUT2D eigenvalue weighted by Crippen LogP contribution is -2.24. The number of pyridine rings is 1. The highest BCUT2D eigenvalue weighted by molar-refractivity contribution is 5.96. The zero-order valence-electron chi connectivity index (χ0n) is 8.47. The summed E-state index contributed by atoms with van der Waals surface area (Å²) in [5.41, 5.74) is 7.15. The number of hydrogen-bond acceptors (Lipinski definition) is 4. The van der Waals surface area contributed by atoms with Crippen LogP contribution in [-0.4, -0.2) is 21.1 Å². The van der Waals surface area contributed by atoms with Crippen LogP contribution >= 0.6 is 0 Å². The SMILES string of the molecule is Nc1cn[nH]c1C(=O)NCc1ccncc1. The number of hydrogen-bond donors (Lipinski definition) is 3. The molecular weight excluding hydrogens is 206 g/mol. The number of aromatic amines is 1. The van der Waals surface area contributed by atoms with E-state index in [-0.39, 0.29) is 11.6 Å². The second-order valence-corrected chi connectivity index (χ2v) is 3.24. The van der Waals surface area contributed by atoms with Crippen LogP contribution in [0.5, 0.6) is 0 Å². The van der Waals surface area contributed by atoms with Crippen molar-refractivity contribution in [2.45, 2.75) is 6.54 Å². The summed E-state index contributed by atoms with van der Waals surface area (Å²) in [6, 6.07) is 3.66. The molecule has 6 nitrogen and oxygen atoms in total. The van der Waals surface area contributed by atoms with Crippen molar-refractivity contribution in [2.24, 2.45) is 0 Å². The van der Waals surface area contributed by atoms with Crippen molar-refractivity contribution in [3.63, 3.8) is 0 Å². The minimum absolute atomic E-state index is 0.271. The average molecular weight is 217 g/mol. The molecule has 0 saturated heterocycles. The quantitative estimate of drug-likeness (QED) is 0.689. The highest BCUT2D eigenvalue weighted by atomic mass is 16.1. The van der Waals surface area contributed by atoms with Gasteiger partial charge in [0, 0.05) is 18.9 Å². The Morgan fingerprint density at radius 3 is 2.81 bits per heavy atom. The molecule has 2 aromatic heterocycles. The van der Waals surface area contributed by atoms with E-state index >= 15 is 0 Å². The Morgan fingerprint density at radius 1 is 1.44 bits per heavy atom. The first kappa shape index (κ1) is 10.2. The smallest absolute Gasteiger partial charge is 0.271 e. The summed E-state index contributed by atoms with van der Waals surface area (Å²) >= 11 is 0. The third-order valence-electron chi connectivity index (χ3n) is 2.10. The molecule has 1 amide bonds. The Morgan fingerprint density at radius 2 is 2.19 bits per heavy atom. The topological polar surface area (TPSA) is 96.7 Å². The third-order valence-corrected chi connectivity index (χ3v) is 2.10. The summed E-state index contributed by atoms with van der Waals surface area (Å²) in [7, 11) is 0. The first-order valence-electron chi connectivity index (χ1n) is 4.73. The van der Waals surface area contributed by atoms with Crippen LogP contribution < -0.4 is 11.1 Å². The molecule has 0 radical (unpaired) electrons. The maximum atomic E-state index is 11.6. The lowest BCUT2D eigenvalue weighted by atomic mass is 10.2. The number of nitrogens with zero attached hydrogens (tertiary/aromatic N) is 2. The van der Waals surface area contributed by atoms with E-state index in [1.165, 1.54) is 6.20 Å². The van der Waals surface area contributed by atoms with Gasteiger partial charge in [-0.25, -0.2) is 0 Å². The van der Waals surface area contributed by atoms with E-state index in [0.717, 1.165) is 5.56 Å². The number of amides is 1. The number of nitrogens with one attached hydrogen (secondary N) is 2. The van der Waals surface area contributed by atoms with Crippen LogP contribution in [-0.2, 0) is 6.54 Å². The van der Waals surface area contributed by atoms with Gasteiger partial charge in [-0.15, -0.1) is 0 Å². The average Bonchev–Trinajstić information content (AvgIpc) is 2.74. The highest BCUT2D eigenvalue weighted by Crippen LogP contribution is 2.05. The van der Waals surface area contributed by atoms with Crippen molar-refractivity contribution >= 4 is 11.6 Å². The van der Waals surface area contributed by atoms with Crippen LogP contribution in [0.4, 0.5) is 5.69 Å². The summed E-state index contributed by atoms with van der Waals surface area (Å²) in [6.07, 6.45) is 4.75. The van der Waals surface area contributed by atoms with Crippen molar-refractivity contribution < 1.29 is 4.79 Å². The summed E-state index contributed by atoms with van der Waals surface area (Å²) < 4.78 is 0. The lowest BCUT2D eigenvalue weighted by Gasteiger charge is -2.03. The van der Waals surface area contributed by atoms with Gasteiger partial charge in [-0.3, -0.25) is 14.9 Å². The van der Waals surface area contributed by atoms with Gasteiger partial charge in [0.25, 0.3) is 5.91 Å². The minimum Gasteiger partial charge on any atom is -0.396 e.